The highest BCUT2D eigenvalue weighted by molar-refractivity contribution is 6.09. The van der Waals surface area contributed by atoms with Crippen LogP contribution < -0.4 is 5.32 Å². The molecule has 0 unspecified atom stereocenters. The van der Waals surface area contributed by atoms with E-state index in [2.05, 4.69) is 28.8 Å². The van der Waals surface area contributed by atoms with Gasteiger partial charge in [0.05, 0.1) is 11.4 Å². The number of rotatable bonds is 4. The zero-order valence-corrected chi connectivity index (χ0v) is 8.50. The summed E-state index contributed by atoms with van der Waals surface area (Å²) in [6.45, 7) is 6.77. The molecule has 0 saturated heterocycles. The number of nitrogens with zero attached hydrogens (tertiary/aromatic N) is 2. The summed E-state index contributed by atoms with van der Waals surface area (Å²) in [6.07, 6.45) is 1.44. The van der Waals surface area contributed by atoms with Crippen molar-refractivity contribution in [2.24, 2.45) is 10.2 Å². The first-order chi connectivity index (χ1) is 7.24. The van der Waals surface area contributed by atoms with E-state index < -0.39 is 0 Å². The zero-order valence-electron chi connectivity index (χ0n) is 8.50. The van der Waals surface area contributed by atoms with Crippen LogP contribution in [0.5, 0.6) is 0 Å². The van der Waals surface area contributed by atoms with Crippen molar-refractivity contribution in [1.82, 2.24) is 0 Å². The Labute approximate surface area is 88.0 Å². The first-order valence-electron chi connectivity index (χ1n) is 4.37. The quantitative estimate of drug-likeness (QED) is 0.595. The molecule has 0 aliphatic carbocycles. The average molecular weight is 205 g/mol. The molecule has 0 bridgehead atoms. The lowest BCUT2D eigenvalue weighted by Crippen LogP contribution is -2.03. The summed E-state index contributed by atoms with van der Waals surface area (Å²) in [5.74, 6) is -0.373. The van der Waals surface area contributed by atoms with Crippen molar-refractivity contribution in [3.05, 3.63) is 42.2 Å². The number of allylic oxidation sites excluding steroid dienone is 1. The molecule has 0 fully saturated rings. The van der Waals surface area contributed by atoms with E-state index >= 15 is 0 Å². The minimum absolute atomic E-state index is 0.351. The van der Waals surface area contributed by atoms with Crippen molar-refractivity contribution in [1.29, 1.82) is 0 Å². The second-order valence-corrected chi connectivity index (χ2v) is 2.75. The molecule has 0 heterocycles. The Hall–Kier alpha value is -1.97. The average Bonchev–Trinajstić information content (AvgIpc) is 2.27. The lowest BCUT2D eigenvalue weighted by atomic mass is 10.1. The predicted molar refractivity (Wildman–Crippen MR) is 62.2 cm³/mol. The predicted octanol–water partition coefficient (Wildman–Crippen LogP) is 2.46. The number of benzene rings is 1. The van der Waals surface area contributed by atoms with Gasteiger partial charge >= 0.3 is 0 Å². The first-order valence-corrected chi connectivity index (χ1v) is 4.37. The van der Waals surface area contributed by atoms with Crippen LogP contribution in [-0.4, -0.2) is 19.5 Å². The fourth-order valence-electron chi connectivity index (χ4n) is 1.20. The van der Waals surface area contributed by atoms with E-state index in [9.17, 15) is 4.39 Å². The summed E-state index contributed by atoms with van der Waals surface area (Å²) in [5.41, 5.74) is 1.12. The van der Waals surface area contributed by atoms with Crippen LogP contribution in [0.2, 0.25) is 0 Å². The normalized spacial score (nSPS) is 10.9. The molecular formula is C11H12FN3. The zero-order chi connectivity index (χ0) is 11.3. The maximum atomic E-state index is 13.8. The van der Waals surface area contributed by atoms with Gasteiger partial charge in [-0.2, -0.15) is 10.2 Å². The Morgan fingerprint density at radius 2 is 2.27 bits per heavy atom. The maximum absolute atomic E-state index is 13.8. The molecule has 1 aromatic carbocycles. The first kappa shape index (κ1) is 11.1. The third-order valence-corrected chi connectivity index (χ3v) is 1.92. The summed E-state index contributed by atoms with van der Waals surface area (Å²) in [4.78, 5) is 0. The van der Waals surface area contributed by atoms with E-state index in [-0.39, 0.29) is 5.82 Å². The van der Waals surface area contributed by atoms with E-state index in [0.29, 0.717) is 17.0 Å². The van der Waals surface area contributed by atoms with Crippen LogP contribution in [0.1, 0.15) is 5.56 Å². The van der Waals surface area contributed by atoms with Crippen molar-refractivity contribution in [3.8, 4) is 0 Å². The molecule has 4 heteroatoms. The van der Waals surface area contributed by atoms with Gasteiger partial charge in [-0.1, -0.05) is 12.6 Å². The van der Waals surface area contributed by atoms with Gasteiger partial charge in [-0.05, 0) is 18.2 Å². The van der Waals surface area contributed by atoms with Crippen LogP contribution in [0, 0.1) is 5.82 Å². The van der Waals surface area contributed by atoms with Gasteiger partial charge < -0.3 is 5.32 Å². The van der Waals surface area contributed by atoms with Gasteiger partial charge in [-0.3, -0.25) is 0 Å². The number of halogens is 1. The molecule has 0 aliphatic heterocycles. The molecule has 0 atom stereocenters. The number of hydrogen-bond donors (Lipinski definition) is 1. The Bertz CT molecular complexity index is 410. The molecule has 0 saturated carbocycles. The van der Waals surface area contributed by atoms with Crippen molar-refractivity contribution in [3.63, 3.8) is 0 Å². The third kappa shape index (κ3) is 2.28. The molecule has 3 nitrogen and oxygen atoms in total. The molecule has 1 aromatic rings. The Morgan fingerprint density at radius 3 is 2.80 bits per heavy atom. The maximum Gasteiger partial charge on any atom is 0.155 e. The van der Waals surface area contributed by atoms with Gasteiger partial charge in [0.25, 0.3) is 0 Å². The highest BCUT2D eigenvalue weighted by atomic mass is 19.1. The topological polar surface area (TPSA) is 36.8 Å². The van der Waals surface area contributed by atoms with Crippen molar-refractivity contribution < 1.29 is 4.39 Å². The minimum atomic E-state index is -0.373. The summed E-state index contributed by atoms with van der Waals surface area (Å²) < 4.78 is 13.8. The molecule has 78 valence electrons. The monoisotopic (exact) mass is 205 g/mol. The fraction of sp³-hybridized carbons (Fsp3) is 0.0909. The molecule has 1 rings (SSSR count). The SMILES string of the molecule is C=C/C(=N\N=C)c1cccc(NC)c1F. The van der Waals surface area contributed by atoms with Gasteiger partial charge in [-0.15, -0.1) is 0 Å². The van der Waals surface area contributed by atoms with Gasteiger partial charge in [0, 0.05) is 19.3 Å². The lowest BCUT2D eigenvalue weighted by molar-refractivity contribution is 0.629. The van der Waals surface area contributed by atoms with Gasteiger partial charge in [0.1, 0.15) is 0 Å². The van der Waals surface area contributed by atoms with Gasteiger partial charge in [0.15, 0.2) is 5.82 Å². The van der Waals surface area contributed by atoms with E-state index in [4.69, 9.17) is 0 Å². The second-order valence-electron chi connectivity index (χ2n) is 2.75. The minimum Gasteiger partial charge on any atom is -0.386 e. The Balaban J connectivity index is 3.30. The van der Waals surface area contributed by atoms with E-state index in [1.54, 1.807) is 25.2 Å². The van der Waals surface area contributed by atoms with Gasteiger partial charge in [-0.25, -0.2) is 4.39 Å². The van der Waals surface area contributed by atoms with Crippen LogP contribution in [0.3, 0.4) is 0 Å². The smallest absolute Gasteiger partial charge is 0.155 e. The third-order valence-electron chi connectivity index (χ3n) is 1.92. The van der Waals surface area contributed by atoms with Crippen LogP contribution in [0.4, 0.5) is 10.1 Å². The molecule has 15 heavy (non-hydrogen) atoms. The Kier molecular flexibility index (Phi) is 3.74. The van der Waals surface area contributed by atoms with Crippen molar-refractivity contribution >= 4 is 18.1 Å². The van der Waals surface area contributed by atoms with Crippen molar-refractivity contribution in [2.45, 2.75) is 0 Å². The molecule has 1 N–H and O–H groups in total. The van der Waals surface area contributed by atoms with E-state index in [0.717, 1.165) is 0 Å². The molecule has 0 amide bonds. The summed E-state index contributed by atoms with van der Waals surface area (Å²) >= 11 is 0. The van der Waals surface area contributed by atoms with Crippen LogP contribution >= 0.6 is 0 Å². The van der Waals surface area contributed by atoms with E-state index in [1.807, 2.05) is 0 Å². The summed E-state index contributed by atoms with van der Waals surface area (Å²) in [6, 6.07) is 4.98. The second kappa shape index (κ2) is 5.05. The highest BCUT2D eigenvalue weighted by Crippen LogP contribution is 2.18. The highest BCUT2D eigenvalue weighted by Gasteiger charge is 2.09. The van der Waals surface area contributed by atoms with E-state index in [1.165, 1.54) is 6.08 Å². The number of nitrogens with one attached hydrogen (secondary N) is 1. The van der Waals surface area contributed by atoms with Crippen LogP contribution in [-0.2, 0) is 0 Å². The number of hydrogen-bond acceptors (Lipinski definition) is 3. The van der Waals surface area contributed by atoms with Crippen LogP contribution in [0.25, 0.3) is 0 Å². The number of anilines is 1. The summed E-state index contributed by atoms with van der Waals surface area (Å²) in [5, 5.41) is 9.80. The fourth-order valence-corrected chi connectivity index (χ4v) is 1.20. The molecular weight excluding hydrogens is 193 g/mol. The van der Waals surface area contributed by atoms with Crippen molar-refractivity contribution in [2.75, 3.05) is 12.4 Å². The van der Waals surface area contributed by atoms with Gasteiger partial charge in [0.2, 0.25) is 0 Å². The standard InChI is InChI=1S/C11H12FN3/c1-4-9(15-14-3)8-6-5-7-10(13-2)11(8)12/h4-7,13H,1,3H2,2H3/b15-9+. The largest absolute Gasteiger partial charge is 0.386 e. The Morgan fingerprint density at radius 1 is 1.53 bits per heavy atom. The molecule has 0 aromatic heterocycles. The summed E-state index contributed by atoms with van der Waals surface area (Å²) in [7, 11) is 1.65. The lowest BCUT2D eigenvalue weighted by Gasteiger charge is -2.06. The molecule has 0 aliphatic rings. The molecule has 0 spiro atoms. The van der Waals surface area contributed by atoms with Crippen LogP contribution in [0.15, 0.2) is 41.1 Å². The molecule has 0 radical (unpaired) electrons.